The minimum Gasteiger partial charge on any atom is -0.397 e. The molecule has 2 aromatic rings. The number of halogens is 1. The second-order valence-corrected chi connectivity index (χ2v) is 5.34. The van der Waals surface area contributed by atoms with E-state index in [9.17, 15) is 4.79 Å². The number of carbonyl (C=O) groups is 1. The van der Waals surface area contributed by atoms with E-state index in [0.29, 0.717) is 17.8 Å². The van der Waals surface area contributed by atoms with Crippen LogP contribution in [0.2, 0.25) is 0 Å². The highest BCUT2D eigenvalue weighted by Crippen LogP contribution is 2.27. The van der Waals surface area contributed by atoms with E-state index in [1.54, 1.807) is 11.0 Å². The first-order valence-corrected chi connectivity index (χ1v) is 7.27. The van der Waals surface area contributed by atoms with E-state index in [4.69, 9.17) is 5.73 Å². The molecule has 0 saturated carbocycles. The summed E-state index contributed by atoms with van der Waals surface area (Å²) in [6.07, 6.45) is 0. The zero-order chi connectivity index (χ0) is 14.7. The lowest BCUT2D eigenvalue weighted by Crippen LogP contribution is -2.31. The van der Waals surface area contributed by atoms with E-state index in [2.05, 4.69) is 15.9 Å². The molecule has 0 atom stereocenters. The summed E-state index contributed by atoms with van der Waals surface area (Å²) in [4.78, 5) is 14.4. The number of hydrogen-bond acceptors (Lipinski definition) is 2. The number of carbonyl (C=O) groups excluding carboxylic acids is 1. The van der Waals surface area contributed by atoms with Crippen molar-refractivity contribution in [3.05, 3.63) is 58.1 Å². The Bertz CT molecular complexity index is 640. The molecule has 0 saturated heterocycles. The fourth-order valence-corrected chi connectivity index (χ4v) is 2.55. The molecule has 0 aliphatic heterocycles. The molecular weight excluding hydrogens is 316 g/mol. The van der Waals surface area contributed by atoms with Crippen molar-refractivity contribution in [3.63, 3.8) is 0 Å². The predicted molar refractivity (Wildman–Crippen MR) is 87.1 cm³/mol. The summed E-state index contributed by atoms with van der Waals surface area (Å²) >= 11 is 3.49. The molecular formula is C16H17BrN2O. The average molecular weight is 333 g/mol. The molecule has 0 heterocycles. The molecule has 2 N–H and O–H groups in total. The molecule has 3 nitrogen and oxygen atoms in total. The van der Waals surface area contributed by atoms with E-state index in [-0.39, 0.29) is 5.91 Å². The SMILES string of the molecule is CCN(C(=O)c1cccc(C)c1Br)c1ccccc1N. The van der Waals surface area contributed by atoms with Gasteiger partial charge in [0.25, 0.3) is 5.91 Å². The molecule has 0 radical (unpaired) electrons. The van der Waals surface area contributed by atoms with Crippen molar-refractivity contribution in [1.82, 2.24) is 0 Å². The minimum atomic E-state index is -0.0547. The van der Waals surface area contributed by atoms with Crippen LogP contribution in [0.5, 0.6) is 0 Å². The Labute approximate surface area is 127 Å². The molecule has 1 amide bonds. The summed E-state index contributed by atoms with van der Waals surface area (Å²) in [6, 6.07) is 13.1. The van der Waals surface area contributed by atoms with Gasteiger partial charge in [0.1, 0.15) is 0 Å². The molecule has 2 rings (SSSR count). The van der Waals surface area contributed by atoms with Gasteiger partial charge in [-0.05, 0) is 53.5 Å². The third-order valence-corrected chi connectivity index (χ3v) is 4.26. The number of hydrogen-bond donors (Lipinski definition) is 1. The summed E-state index contributed by atoms with van der Waals surface area (Å²) in [5.41, 5.74) is 9.01. The number of amides is 1. The highest BCUT2D eigenvalue weighted by atomic mass is 79.9. The van der Waals surface area contributed by atoms with Gasteiger partial charge in [-0.15, -0.1) is 0 Å². The largest absolute Gasteiger partial charge is 0.397 e. The van der Waals surface area contributed by atoms with Crippen LogP contribution in [0, 0.1) is 6.92 Å². The molecule has 104 valence electrons. The number of anilines is 2. The average Bonchev–Trinajstić information content (AvgIpc) is 2.44. The second kappa shape index (κ2) is 6.09. The number of nitrogen functional groups attached to an aromatic ring is 1. The van der Waals surface area contributed by atoms with Gasteiger partial charge in [-0.1, -0.05) is 24.3 Å². The molecule has 0 aliphatic carbocycles. The predicted octanol–water partition coefficient (Wildman–Crippen LogP) is 4.01. The lowest BCUT2D eigenvalue weighted by atomic mass is 10.1. The van der Waals surface area contributed by atoms with E-state index in [0.717, 1.165) is 15.7 Å². The van der Waals surface area contributed by atoms with Crippen LogP contribution in [-0.4, -0.2) is 12.5 Å². The maximum atomic E-state index is 12.7. The summed E-state index contributed by atoms with van der Waals surface area (Å²) in [7, 11) is 0. The Balaban J connectivity index is 2.45. The lowest BCUT2D eigenvalue weighted by Gasteiger charge is -2.23. The fraction of sp³-hybridized carbons (Fsp3) is 0.188. The highest BCUT2D eigenvalue weighted by molar-refractivity contribution is 9.10. The topological polar surface area (TPSA) is 46.3 Å². The van der Waals surface area contributed by atoms with Gasteiger partial charge in [0.05, 0.1) is 16.9 Å². The van der Waals surface area contributed by atoms with Crippen molar-refractivity contribution >= 4 is 33.2 Å². The van der Waals surface area contributed by atoms with Gasteiger partial charge in [-0.25, -0.2) is 0 Å². The Kier molecular flexibility index (Phi) is 4.45. The molecule has 4 heteroatoms. The first-order valence-electron chi connectivity index (χ1n) is 6.47. The fourth-order valence-electron chi connectivity index (χ4n) is 2.11. The molecule has 0 bridgehead atoms. The van der Waals surface area contributed by atoms with Crippen molar-refractivity contribution in [1.29, 1.82) is 0 Å². The Hall–Kier alpha value is -1.81. The van der Waals surface area contributed by atoms with E-state index < -0.39 is 0 Å². The number of para-hydroxylation sites is 2. The maximum Gasteiger partial charge on any atom is 0.259 e. The number of aryl methyl sites for hydroxylation is 1. The summed E-state index contributed by atoms with van der Waals surface area (Å²) in [5, 5.41) is 0. The van der Waals surface area contributed by atoms with Crippen LogP contribution in [0.15, 0.2) is 46.9 Å². The van der Waals surface area contributed by atoms with Crippen LogP contribution in [-0.2, 0) is 0 Å². The zero-order valence-corrected chi connectivity index (χ0v) is 13.1. The number of benzene rings is 2. The number of rotatable bonds is 3. The molecule has 0 spiro atoms. The number of nitrogens with zero attached hydrogens (tertiary/aromatic N) is 1. The van der Waals surface area contributed by atoms with Crippen molar-refractivity contribution in [2.45, 2.75) is 13.8 Å². The first-order chi connectivity index (χ1) is 9.56. The molecule has 2 aromatic carbocycles. The normalized spacial score (nSPS) is 10.3. The van der Waals surface area contributed by atoms with Crippen LogP contribution in [0.3, 0.4) is 0 Å². The quantitative estimate of drug-likeness (QED) is 0.863. The monoisotopic (exact) mass is 332 g/mol. The van der Waals surface area contributed by atoms with E-state index >= 15 is 0 Å². The highest BCUT2D eigenvalue weighted by Gasteiger charge is 2.20. The lowest BCUT2D eigenvalue weighted by molar-refractivity contribution is 0.0987. The van der Waals surface area contributed by atoms with Crippen LogP contribution in [0.1, 0.15) is 22.8 Å². The third kappa shape index (κ3) is 2.70. The van der Waals surface area contributed by atoms with E-state index in [1.165, 1.54) is 0 Å². The molecule has 20 heavy (non-hydrogen) atoms. The zero-order valence-electron chi connectivity index (χ0n) is 11.6. The Morgan fingerprint density at radius 3 is 2.55 bits per heavy atom. The van der Waals surface area contributed by atoms with Gasteiger partial charge in [0.15, 0.2) is 0 Å². The van der Waals surface area contributed by atoms with Crippen molar-refractivity contribution in [2.75, 3.05) is 17.2 Å². The standard InChI is InChI=1S/C16H17BrN2O/c1-3-19(14-10-5-4-9-13(14)18)16(20)12-8-6-7-11(2)15(12)17/h4-10H,3,18H2,1-2H3. The molecule has 0 aromatic heterocycles. The van der Waals surface area contributed by atoms with E-state index in [1.807, 2.05) is 50.2 Å². The Morgan fingerprint density at radius 1 is 1.20 bits per heavy atom. The maximum absolute atomic E-state index is 12.7. The molecule has 0 fully saturated rings. The summed E-state index contributed by atoms with van der Waals surface area (Å²) in [6.45, 7) is 4.47. The van der Waals surface area contributed by atoms with Gasteiger partial charge < -0.3 is 10.6 Å². The first kappa shape index (κ1) is 14.6. The molecule has 0 aliphatic rings. The van der Waals surface area contributed by atoms with Crippen molar-refractivity contribution < 1.29 is 4.79 Å². The van der Waals surface area contributed by atoms with Crippen LogP contribution in [0.25, 0.3) is 0 Å². The second-order valence-electron chi connectivity index (χ2n) is 4.54. The van der Waals surface area contributed by atoms with Crippen molar-refractivity contribution in [2.24, 2.45) is 0 Å². The van der Waals surface area contributed by atoms with Gasteiger partial charge in [0.2, 0.25) is 0 Å². The smallest absolute Gasteiger partial charge is 0.259 e. The van der Waals surface area contributed by atoms with Gasteiger partial charge in [-0.3, -0.25) is 4.79 Å². The number of nitrogens with two attached hydrogens (primary N) is 1. The van der Waals surface area contributed by atoms with Crippen LogP contribution >= 0.6 is 15.9 Å². The third-order valence-electron chi connectivity index (χ3n) is 3.21. The summed E-state index contributed by atoms with van der Waals surface area (Å²) < 4.78 is 0.831. The van der Waals surface area contributed by atoms with Crippen LogP contribution in [0.4, 0.5) is 11.4 Å². The molecule has 0 unspecified atom stereocenters. The Morgan fingerprint density at radius 2 is 1.90 bits per heavy atom. The van der Waals surface area contributed by atoms with Crippen molar-refractivity contribution in [3.8, 4) is 0 Å². The van der Waals surface area contributed by atoms with Crippen LogP contribution < -0.4 is 10.6 Å². The van der Waals surface area contributed by atoms with Gasteiger partial charge in [0, 0.05) is 11.0 Å². The van der Waals surface area contributed by atoms with Gasteiger partial charge in [-0.2, -0.15) is 0 Å². The van der Waals surface area contributed by atoms with Gasteiger partial charge >= 0.3 is 0 Å². The summed E-state index contributed by atoms with van der Waals surface area (Å²) in [5.74, 6) is -0.0547. The minimum absolute atomic E-state index is 0.0547.